The number of carbonyl (C=O) groups excluding carboxylic acids is 1. The molecule has 2 nitrogen and oxygen atoms in total. The lowest BCUT2D eigenvalue weighted by molar-refractivity contribution is -0.116. The molecule has 28 heavy (non-hydrogen) atoms. The van der Waals surface area contributed by atoms with Gasteiger partial charge in [0.05, 0.1) is 5.41 Å². The molecule has 0 aliphatic carbocycles. The van der Waals surface area contributed by atoms with Gasteiger partial charge in [-0.25, -0.2) is 0 Å². The van der Waals surface area contributed by atoms with Crippen molar-refractivity contribution >= 4 is 5.91 Å². The number of hydrogen-bond acceptors (Lipinski definition) is 1. The minimum atomic E-state index is -0.536. The number of allylic oxidation sites excluding steroid dienone is 1. The second-order valence-corrected chi connectivity index (χ2v) is 6.88. The van der Waals surface area contributed by atoms with E-state index >= 15 is 0 Å². The van der Waals surface area contributed by atoms with E-state index in [4.69, 9.17) is 0 Å². The van der Waals surface area contributed by atoms with Crippen LogP contribution in [0.2, 0.25) is 0 Å². The number of rotatable bonds is 8. The van der Waals surface area contributed by atoms with Crippen molar-refractivity contribution in [3.63, 3.8) is 0 Å². The summed E-state index contributed by atoms with van der Waals surface area (Å²) in [5.74, 6) is -0.0550. The normalized spacial score (nSPS) is 11.5. The molecule has 0 fully saturated rings. The zero-order valence-corrected chi connectivity index (χ0v) is 16.3. The standard InChI is InChI=1S/C26H27NO/c1-2-3-21-27-25(28)19-20-26(22-13-7-4-8-14-22,23-15-9-5-10-16-23)24-17-11-6-12-18-24/h4-20H,2-3,21H2,1H3,(H,27,28). The minimum Gasteiger partial charge on any atom is -0.353 e. The van der Waals surface area contributed by atoms with Crippen molar-refractivity contribution in [1.29, 1.82) is 0 Å². The number of benzene rings is 3. The van der Waals surface area contributed by atoms with Crippen molar-refractivity contribution in [3.8, 4) is 0 Å². The van der Waals surface area contributed by atoms with E-state index in [1.165, 1.54) is 0 Å². The molecule has 0 aromatic heterocycles. The quantitative estimate of drug-likeness (QED) is 0.317. The monoisotopic (exact) mass is 369 g/mol. The van der Waals surface area contributed by atoms with Crippen LogP contribution in [0, 0.1) is 0 Å². The third kappa shape index (κ3) is 4.40. The van der Waals surface area contributed by atoms with Gasteiger partial charge >= 0.3 is 0 Å². The maximum atomic E-state index is 12.5. The van der Waals surface area contributed by atoms with Gasteiger partial charge in [0.2, 0.25) is 5.91 Å². The zero-order valence-electron chi connectivity index (χ0n) is 16.3. The van der Waals surface area contributed by atoms with Crippen molar-refractivity contribution in [3.05, 3.63) is 120 Å². The van der Waals surface area contributed by atoms with Crippen LogP contribution in [0.1, 0.15) is 36.5 Å². The molecule has 0 spiro atoms. The largest absolute Gasteiger partial charge is 0.353 e. The lowest BCUT2D eigenvalue weighted by Crippen LogP contribution is -2.29. The highest BCUT2D eigenvalue weighted by Gasteiger charge is 2.33. The summed E-state index contributed by atoms with van der Waals surface area (Å²) in [4.78, 5) is 12.5. The average molecular weight is 370 g/mol. The van der Waals surface area contributed by atoms with E-state index in [0.717, 1.165) is 29.5 Å². The van der Waals surface area contributed by atoms with E-state index in [2.05, 4.69) is 48.6 Å². The molecule has 3 rings (SSSR count). The second-order valence-electron chi connectivity index (χ2n) is 6.88. The number of nitrogens with one attached hydrogen (secondary N) is 1. The third-order valence-electron chi connectivity index (χ3n) is 5.00. The third-order valence-corrected chi connectivity index (χ3v) is 5.00. The molecule has 142 valence electrons. The van der Waals surface area contributed by atoms with Gasteiger partial charge in [-0.15, -0.1) is 0 Å². The number of hydrogen-bond donors (Lipinski definition) is 1. The average Bonchev–Trinajstić information content (AvgIpc) is 2.77. The summed E-state index contributed by atoms with van der Waals surface area (Å²) in [5.41, 5.74) is 2.85. The highest BCUT2D eigenvalue weighted by atomic mass is 16.1. The van der Waals surface area contributed by atoms with Crippen molar-refractivity contribution < 1.29 is 4.79 Å². The Bertz CT molecular complexity index is 789. The summed E-state index contributed by atoms with van der Waals surface area (Å²) >= 11 is 0. The van der Waals surface area contributed by atoms with Crippen LogP contribution in [0.25, 0.3) is 0 Å². The topological polar surface area (TPSA) is 29.1 Å². The van der Waals surface area contributed by atoms with Gasteiger partial charge in [-0.2, -0.15) is 0 Å². The van der Waals surface area contributed by atoms with Crippen molar-refractivity contribution in [1.82, 2.24) is 5.32 Å². The Hall–Kier alpha value is -3.13. The Balaban J connectivity index is 2.13. The molecule has 3 aromatic rings. The maximum absolute atomic E-state index is 12.5. The molecule has 0 radical (unpaired) electrons. The lowest BCUT2D eigenvalue weighted by atomic mass is 9.69. The molecule has 3 aromatic carbocycles. The first-order chi connectivity index (χ1) is 13.8. The SMILES string of the molecule is CCCCNC(=O)C=CC(c1ccccc1)(c1ccccc1)c1ccccc1. The molecular weight excluding hydrogens is 342 g/mol. The molecule has 1 amide bonds. The highest BCUT2D eigenvalue weighted by Crippen LogP contribution is 2.40. The second kappa shape index (κ2) is 9.70. The van der Waals surface area contributed by atoms with Crippen LogP contribution in [0.5, 0.6) is 0 Å². The maximum Gasteiger partial charge on any atom is 0.243 e. The molecule has 0 unspecified atom stereocenters. The van der Waals surface area contributed by atoms with Crippen LogP contribution in [0.15, 0.2) is 103 Å². The van der Waals surface area contributed by atoms with E-state index in [9.17, 15) is 4.79 Å². The van der Waals surface area contributed by atoms with Crippen LogP contribution < -0.4 is 5.32 Å². The summed E-state index contributed by atoms with van der Waals surface area (Å²) in [6.07, 6.45) is 5.77. The van der Waals surface area contributed by atoms with E-state index in [1.807, 2.05) is 60.7 Å². The molecule has 1 N–H and O–H groups in total. The first kappa shape index (κ1) is 19.6. The fraction of sp³-hybridized carbons (Fsp3) is 0.192. The predicted octanol–water partition coefficient (Wildman–Crippen LogP) is 5.49. The van der Waals surface area contributed by atoms with Crippen molar-refractivity contribution in [2.75, 3.05) is 6.54 Å². The molecule has 2 heteroatoms. The zero-order chi connectivity index (χ0) is 19.7. The fourth-order valence-electron chi connectivity index (χ4n) is 3.54. The van der Waals surface area contributed by atoms with Crippen LogP contribution in [-0.2, 0) is 10.2 Å². The lowest BCUT2D eigenvalue weighted by Gasteiger charge is -2.33. The van der Waals surface area contributed by atoms with E-state index in [0.29, 0.717) is 6.54 Å². The van der Waals surface area contributed by atoms with Gasteiger partial charge in [-0.05, 0) is 23.1 Å². The Labute approximate surface area is 167 Å². The molecule has 0 saturated heterocycles. The smallest absolute Gasteiger partial charge is 0.243 e. The molecule has 0 heterocycles. The van der Waals surface area contributed by atoms with Gasteiger partial charge in [-0.1, -0.05) is 110 Å². The van der Waals surface area contributed by atoms with Crippen LogP contribution >= 0.6 is 0 Å². The summed E-state index contributed by atoms with van der Waals surface area (Å²) in [7, 11) is 0. The minimum absolute atomic E-state index is 0.0550. The molecule has 0 saturated carbocycles. The summed E-state index contributed by atoms with van der Waals surface area (Å²) in [6.45, 7) is 2.82. The molecule has 0 atom stereocenters. The van der Waals surface area contributed by atoms with Gasteiger partial charge in [0.25, 0.3) is 0 Å². The molecular formula is C26H27NO. The van der Waals surface area contributed by atoms with Gasteiger partial charge in [0.1, 0.15) is 0 Å². The van der Waals surface area contributed by atoms with Crippen LogP contribution in [-0.4, -0.2) is 12.5 Å². The first-order valence-electron chi connectivity index (χ1n) is 9.91. The van der Waals surface area contributed by atoms with Gasteiger partial charge in [0.15, 0.2) is 0 Å². The number of unbranched alkanes of at least 4 members (excludes halogenated alkanes) is 1. The Morgan fingerprint density at radius 2 is 1.21 bits per heavy atom. The van der Waals surface area contributed by atoms with Gasteiger partial charge < -0.3 is 5.32 Å². The van der Waals surface area contributed by atoms with E-state index < -0.39 is 5.41 Å². The van der Waals surface area contributed by atoms with E-state index in [-0.39, 0.29) is 5.91 Å². The van der Waals surface area contributed by atoms with Crippen LogP contribution in [0.4, 0.5) is 0 Å². The van der Waals surface area contributed by atoms with E-state index in [1.54, 1.807) is 6.08 Å². The number of carbonyl (C=O) groups is 1. The Morgan fingerprint density at radius 3 is 1.61 bits per heavy atom. The van der Waals surface area contributed by atoms with Gasteiger partial charge in [0, 0.05) is 12.6 Å². The summed E-state index contributed by atoms with van der Waals surface area (Å²) in [5, 5.41) is 2.98. The van der Waals surface area contributed by atoms with Crippen molar-refractivity contribution in [2.24, 2.45) is 0 Å². The molecule has 0 aliphatic rings. The Morgan fingerprint density at radius 1 is 0.786 bits per heavy atom. The highest BCUT2D eigenvalue weighted by molar-refractivity contribution is 5.88. The first-order valence-corrected chi connectivity index (χ1v) is 9.91. The summed E-state index contributed by atoms with van der Waals surface area (Å²) in [6, 6.07) is 31.1. The molecule has 0 bridgehead atoms. The number of amides is 1. The Kier molecular flexibility index (Phi) is 6.80. The summed E-state index contributed by atoms with van der Waals surface area (Å²) < 4.78 is 0. The molecule has 0 aliphatic heterocycles. The fourth-order valence-corrected chi connectivity index (χ4v) is 3.54. The van der Waals surface area contributed by atoms with Crippen LogP contribution in [0.3, 0.4) is 0 Å². The van der Waals surface area contributed by atoms with Crippen molar-refractivity contribution in [2.45, 2.75) is 25.2 Å². The van der Waals surface area contributed by atoms with Gasteiger partial charge in [-0.3, -0.25) is 4.79 Å². The predicted molar refractivity (Wildman–Crippen MR) is 116 cm³/mol.